The minimum Gasteiger partial charge on any atom is -0.378 e. The summed E-state index contributed by atoms with van der Waals surface area (Å²) in [5.41, 5.74) is 6.82. The first-order valence-electron chi connectivity index (χ1n) is 9.95. The summed E-state index contributed by atoms with van der Waals surface area (Å²) in [5, 5.41) is 3.52. The molecule has 1 unspecified atom stereocenters. The highest BCUT2D eigenvalue weighted by molar-refractivity contribution is 5.87. The number of aryl methyl sites for hydroxylation is 2. The van der Waals surface area contributed by atoms with E-state index in [4.69, 9.17) is 4.99 Å². The molecule has 154 valence electrons. The number of aliphatic imine (C=N–C) groups is 1. The lowest BCUT2D eigenvalue weighted by Crippen LogP contribution is -2.20. The van der Waals surface area contributed by atoms with Crippen LogP contribution in [0, 0.1) is 18.6 Å². The standard InChI is InChI=1S/C24H29F2N3/c1-14(2)27-24-15(3)10-18(16(4)29(5)6)12-22(24)28-21-9-7-8-17-11-19(25)13-20(26)23(17)21/h10-13,21,28H,4,7-9H2,1-3,5-6H3. The van der Waals surface area contributed by atoms with Crippen molar-refractivity contribution in [3.63, 3.8) is 0 Å². The van der Waals surface area contributed by atoms with E-state index in [1.54, 1.807) is 0 Å². The monoisotopic (exact) mass is 397 g/mol. The van der Waals surface area contributed by atoms with Crippen LogP contribution in [0.15, 0.2) is 35.8 Å². The van der Waals surface area contributed by atoms with Crippen LogP contribution in [0.5, 0.6) is 0 Å². The molecule has 3 nitrogen and oxygen atoms in total. The van der Waals surface area contributed by atoms with Crippen molar-refractivity contribution in [2.45, 2.75) is 46.1 Å². The highest BCUT2D eigenvalue weighted by Gasteiger charge is 2.26. The summed E-state index contributed by atoms with van der Waals surface area (Å²) in [6.07, 6.45) is 2.35. The maximum Gasteiger partial charge on any atom is 0.131 e. The van der Waals surface area contributed by atoms with E-state index < -0.39 is 11.6 Å². The van der Waals surface area contributed by atoms with Gasteiger partial charge in [0, 0.05) is 37.1 Å². The predicted octanol–water partition coefficient (Wildman–Crippen LogP) is 6.41. The molecule has 3 rings (SSSR count). The normalized spacial score (nSPS) is 15.5. The number of benzene rings is 2. The molecule has 0 aromatic heterocycles. The third-order valence-electron chi connectivity index (χ3n) is 5.31. The molecule has 0 bridgehead atoms. The van der Waals surface area contributed by atoms with Gasteiger partial charge in [-0.05, 0) is 74.9 Å². The second kappa shape index (κ2) is 8.36. The molecule has 1 N–H and O–H groups in total. The minimum atomic E-state index is -0.520. The van der Waals surface area contributed by atoms with Crippen molar-refractivity contribution in [2.24, 2.45) is 4.99 Å². The largest absolute Gasteiger partial charge is 0.378 e. The average molecular weight is 398 g/mol. The van der Waals surface area contributed by atoms with Crippen LogP contribution in [0.1, 0.15) is 55.0 Å². The topological polar surface area (TPSA) is 27.6 Å². The van der Waals surface area contributed by atoms with Crippen molar-refractivity contribution < 1.29 is 8.78 Å². The number of nitrogens with zero attached hydrogens (tertiary/aromatic N) is 2. The number of hydrogen-bond donors (Lipinski definition) is 1. The quantitative estimate of drug-likeness (QED) is 0.591. The average Bonchev–Trinajstić information content (AvgIpc) is 2.62. The smallest absolute Gasteiger partial charge is 0.131 e. The maximum absolute atomic E-state index is 14.7. The Hall–Kier alpha value is -2.69. The van der Waals surface area contributed by atoms with E-state index in [1.165, 1.54) is 6.07 Å². The molecule has 0 amide bonds. The number of halogens is 2. The number of rotatable bonds is 5. The molecule has 5 heteroatoms. The van der Waals surface area contributed by atoms with Crippen molar-refractivity contribution in [3.05, 3.63) is 64.7 Å². The summed E-state index contributed by atoms with van der Waals surface area (Å²) in [5.74, 6) is -1.01. The molecule has 0 radical (unpaired) electrons. The van der Waals surface area contributed by atoms with Gasteiger partial charge in [-0.2, -0.15) is 0 Å². The van der Waals surface area contributed by atoms with Gasteiger partial charge in [0.1, 0.15) is 11.6 Å². The van der Waals surface area contributed by atoms with Crippen molar-refractivity contribution in [1.82, 2.24) is 4.90 Å². The van der Waals surface area contributed by atoms with Crippen LogP contribution in [-0.2, 0) is 6.42 Å². The summed E-state index contributed by atoms with van der Waals surface area (Å²) in [6, 6.07) is 6.29. The van der Waals surface area contributed by atoms with Gasteiger partial charge in [0.2, 0.25) is 0 Å². The zero-order valence-corrected chi connectivity index (χ0v) is 17.9. The molecule has 2 aromatic carbocycles. The molecule has 0 heterocycles. The molecule has 0 saturated carbocycles. The summed E-state index contributed by atoms with van der Waals surface area (Å²) in [6.45, 7) is 10.1. The Kier molecular flexibility index (Phi) is 6.06. The molecule has 1 aliphatic carbocycles. The Morgan fingerprint density at radius 1 is 1.17 bits per heavy atom. The van der Waals surface area contributed by atoms with Gasteiger partial charge in [0.25, 0.3) is 0 Å². The van der Waals surface area contributed by atoms with E-state index in [2.05, 4.69) is 18.0 Å². The van der Waals surface area contributed by atoms with Crippen molar-refractivity contribution >= 4 is 22.8 Å². The van der Waals surface area contributed by atoms with Gasteiger partial charge in [-0.25, -0.2) is 8.78 Å². The summed E-state index contributed by atoms with van der Waals surface area (Å²) < 4.78 is 28.4. The maximum atomic E-state index is 14.7. The zero-order valence-electron chi connectivity index (χ0n) is 17.9. The Balaban J connectivity index is 2.09. The molecular formula is C24H29F2N3. The van der Waals surface area contributed by atoms with Crippen molar-refractivity contribution in [2.75, 3.05) is 19.4 Å². The van der Waals surface area contributed by atoms with E-state index in [1.807, 2.05) is 45.8 Å². The number of anilines is 1. The Labute approximate surface area is 172 Å². The fourth-order valence-electron chi connectivity index (χ4n) is 3.89. The summed E-state index contributed by atoms with van der Waals surface area (Å²) >= 11 is 0. The third-order valence-corrected chi connectivity index (χ3v) is 5.31. The minimum absolute atomic E-state index is 0.229. The van der Waals surface area contributed by atoms with E-state index >= 15 is 0 Å². The highest BCUT2D eigenvalue weighted by Crippen LogP contribution is 2.40. The van der Waals surface area contributed by atoms with Gasteiger partial charge in [0.05, 0.1) is 17.4 Å². The van der Waals surface area contributed by atoms with Crippen LogP contribution in [-0.4, -0.2) is 24.7 Å². The van der Waals surface area contributed by atoms with Gasteiger partial charge < -0.3 is 10.2 Å². The van der Waals surface area contributed by atoms with E-state index in [0.717, 1.165) is 58.4 Å². The molecule has 0 spiro atoms. The van der Waals surface area contributed by atoms with E-state index in [0.29, 0.717) is 12.0 Å². The lowest BCUT2D eigenvalue weighted by Gasteiger charge is -2.29. The third kappa shape index (κ3) is 4.50. The predicted molar refractivity (Wildman–Crippen MR) is 118 cm³/mol. The van der Waals surface area contributed by atoms with E-state index in [-0.39, 0.29) is 6.04 Å². The molecule has 0 fully saturated rings. The molecule has 0 saturated heterocycles. The second-order valence-electron chi connectivity index (χ2n) is 8.14. The second-order valence-corrected chi connectivity index (χ2v) is 8.14. The van der Waals surface area contributed by atoms with Crippen molar-refractivity contribution in [3.8, 4) is 0 Å². The summed E-state index contributed by atoms with van der Waals surface area (Å²) in [7, 11) is 3.91. The van der Waals surface area contributed by atoms with Crippen molar-refractivity contribution in [1.29, 1.82) is 0 Å². The van der Waals surface area contributed by atoms with Crippen LogP contribution >= 0.6 is 0 Å². The van der Waals surface area contributed by atoms with Crippen LogP contribution in [0.3, 0.4) is 0 Å². The molecule has 0 aliphatic heterocycles. The first-order valence-corrected chi connectivity index (χ1v) is 9.95. The summed E-state index contributed by atoms with van der Waals surface area (Å²) in [4.78, 5) is 6.68. The Morgan fingerprint density at radius 2 is 1.90 bits per heavy atom. The molecule has 2 aromatic rings. The highest BCUT2D eigenvalue weighted by atomic mass is 19.1. The first kappa shape index (κ1) is 21.0. The number of hydrogen-bond acceptors (Lipinski definition) is 3. The van der Waals surface area contributed by atoms with Gasteiger partial charge in [0.15, 0.2) is 0 Å². The Bertz CT molecular complexity index is 973. The number of fused-ring (bicyclic) bond motifs is 1. The molecule has 29 heavy (non-hydrogen) atoms. The lowest BCUT2D eigenvalue weighted by atomic mass is 9.86. The molecule has 1 aliphatic rings. The van der Waals surface area contributed by atoms with Crippen LogP contribution in [0.4, 0.5) is 20.2 Å². The zero-order chi connectivity index (χ0) is 21.3. The Morgan fingerprint density at radius 3 is 2.55 bits per heavy atom. The SMILES string of the molecule is C=C(c1cc(C)c(N=C(C)C)c(NC2CCCc3cc(F)cc(F)c32)c1)N(C)C. The number of nitrogens with one attached hydrogen (secondary N) is 1. The van der Waals surface area contributed by atoms with Gasteiger partial charge in [-0.1, -0.05) is 6.58 Å². The molecule has 1 atom stereocenters. The lowest BCUT2D eigenvalue weighted by molar-refractivity contribution is 0.519. The van der Waals surface area contributed by atoms with Gasteiger partial charge in [-0.3, -0.25) is 4.99 Å². The van der Waals surface area contributed by atoms with Crippen LogP contribution < -0.4 is 5.32 Å². The van der Waals surface area contributed by atoms with Gasteiger partial charge >= 0.3 is 0 Å². The fraction of sp³-hybridized carbons (Fsp3) is 0.375. The van der Waals surface area contributed by atoms with E-state index in [9.17, 15) is 8.78 Å². The fourth-order valence-corrected chi connectivity index (χ4v) is 3.89. The van der Waals surface area contributed by atoms with Crippen LogP contribution in [0.2, 0.25) is 0 Å². The van der Waals surface area contributed by atoms with Crippen LogP contribution in [0.25, 0.3) is 5.70 Å². The first-order chi connectivity index (χ1) is 13.7. The van der Waals surface area contributed by atoms with Gasteiger partial charge in [-0.15, -0.1) is 0 Å². The molecular weight excluding hydrogens is 368 g/mol.